The number of rotatable bonds is 17. The first-order valence-electron chi connectivity index (χ1n) is 12.1. The van der Waals surface area contributed by atoms with Crippen molar-refractivity contribution in [3.8, 4) is 0 Å². The van der Waals surface area contributed by atoms with Crippen molar-refractivity contribution in [1.82, 2.24) is 16.0 Å². The zero-order valence-corrected chi connectivity index (χ0v) is 22.4. The average molecular weight is 554 g/mol. The van der Waals surface area contributed by atoms with Crippen LogP contribution in [0.5, 0.6) is 0 Å². The molecule has 1 rings (SSSR count). The Balaban J connectivity index is 3.01. The molecule has 0 aliphatic heterocycles. The molecule has 0 saturated heterocycles. The van der Waals surface area contributed by atoms with E-state index >= 15 is 0 Å². The maximum absolute atomic E-state index is 13.2. The molecule has 1 aromatic carbocycles. The third-order valence-corrected chi connectivity index (χ3v) is 6.15. The molecule has 0 spiro atoms. The predicted octanol–water partition coefficient (Wildman–Crippen LogP) is -1.72. The van der Waals surface area contributed by atoms with E-state index in [4.69, 9.17) is 17.2 Å². The third kappa shape index (κ3) is 12.3. The Morgan fingerprint density at radius 1 is 0.974 bits per heavy atom. The van der Waals surface area contributed by atoms with Crippen molar-refractivity contribution in [1.29, 1.82) is 0 Å². The second kappa shape index (κ2) is 17.2. The van der Waals surface area contributed by atoms with Gasteiger partial charge in [0, 0.05) is 13.0 Å². The molecule has 5 atom stereocenters. The zero-order chi connectivity index (χ0) is 28.7. The molecule has 0 aliphatic rings. The van der Waals surface area contributed by atoms with Gasteiger partial charge in [-0.1, -0.05) is 30.3 Å². The highest BCUT2D eigenvalue weighted by Crippen LogP contribution is 2.08. The highest BCUT2D eigenvalue weighted by Gasteiger charge is 2.32. The van der Waals surface area contributed by atoms with Gasteiger partial charge in [-0.3, -0.25) is 19.4 Å². The fraction of sp³-hybridized carbons (Fsp3) is 0.542. The first-order valence-corrected chi connectivity index (χ1v) is 13.5. The monoisotopic (exact) mass is 553 g/mol. The van der Waals surface area contributed by atoms with Crippen LogP contribution in [0, 0.1) is 0 Å². The van der Waals surface area contributed by atoms with E-state index in [9.17, 15) is 29.4 Å². The normalized spacial score (nSPS) is 14.7. The lowest BCUT2D eigenvalue weighted by Crippen LogP contribution is -2.58. The number of nitrogens with two attached hydrogens (primary N) is 3. The molecular formula is C24H39N7O6S. The number of carboxylic acid groups (broad SMARTS) is 1. The van der Waals surface area contributed by atoms with Crippen LogP contribution in [0.1, 0.15) is 31.7 Å². The molecule has 0 aromatic heterocycles. The molecular weight excluding hydrogens is 514 g/mol. The molecule has 0 bridgehead atoms. The highest BCUT2D eigenvalue weighted by molar-refractivity contribution is 7.98. The molecule has 14 heteroatoms. The quantitative estimate of drug-likeness (QED) is 0.0617. The number of carbonyl (C=O) groups excluding carboxylic acids is 3. The van der Waals surface area contributed by atoms with Crippen LogP contribution >= 0.6 is 11.8 Å². The van der Waals surface area contributed by atoms with Gasteiger partial charge in [0.2, 0.25) is 17.7 Å². The summed E-state index contributed by atoms with van der Waals surface area (Å²) >= 11 is 1.47. The molecule has 11 N–H and O–H groups in total. The number of hydrogen-bond acceptors (Lipinski definition) is 8. The number of aliphatic carboxylic acids is 1. The maximum atomic E-state index is 13.2. The van der Waals surface area contributed by atoms with E-state index in [2.05, 4.69) is 20.9 Å². The molecule has 38 heavy (non-hydrogen) atoms. The smallest absolute Gasteiger partial charge is 0.328 e. The fourth-order valence-corrected chi connectivity index (χ4v) is 3.88. The average Bonchev–Trinajstić information content (AvgIpc) is 2.86. The second-order valence-electron chi connectivity index (χ2n) is 8.71. The summed E-state index contributed by atoms with van der Waals surface area (Å²) in [7, 11) is 0. The van der Waals surface area contributed by atoms with Crippen molar-refractivity contribution >= 4 is 41.4 Å². The number of aliphatic hydroxyl groups excluding tert-OH is 1. The van der Waals surface area contributed by atoms with Crippen molar-refractivity contribution in [3.63, 3.8) is 0 Å². The maximum Gasteiger partial charge on any atom is 0.328 e. The lowest BCUT2D eigenvalue weighted by Gasteiger charge is -2.26. The van der Waals surface area contributed by atoms with Gasteiger partial charge in [-0.15, -0.1) is 0 Å². The number of nitrogens with one attached hydrogen (secondary N) is 3. The predicted molar refractivity (Wildman–Crippen MR) is 146 cm³/mol. The first kappa shape index (κ1) is 32.7. The SMILES string of the molecule is CSCCC(NC(=O)C(N)CCCN=C(N)N)C(=O)NC(Cc1ccccc1)C(=O)NC(C(=O)O)C(C)O. The van der Waals surface area contributed by atoms with Gasteiger partial charge in [0.25, 0.3) is 0 Å². The van der Waals surface area contributed by atoms with E-state index in [0.717, 1.165) is 0 Å². The van der Waals surface area contributed by atoms with Crippen LogP contribution in [0.2, 0.25) is 0 Å². The molecule has 0 aliphatic carbocycles. The van der Waals surface area contributed by atoms with E-state index in [1.807, 2.05) is 6.26 Å². The standard InChI is InChI=1S/C24H39N7O6S/c1-14(32)19(23(36)37)31-22(35)18(13-15-7-4-3-5-8-15)30-21(34)17(10-12-38-2)29-20(33)16(25)9-6-11-28-24(26)27/h3-5,7-8,14,16-19,32H,6,9-13,25H2,1-2H3,(H,29,33)(H,30,34)(H,31,35)(H,36,37)(H4,26,27,28). The van der Waals surface area contributed by atoms with Gasteiger partial charge in [0.05, 0.1) is 12.1 Å². The summed E-state index contributed by atoms with van der Waals surface area (Å²) in [6, 6.07) is 4.19. The highest BCUT2D eigenvalue weighted by atomic mass is 32.2. The Labute approximate surface area is 226 Å². The number of aliphatic hydroxyl groups is 1. The first-order chi connectivity index (χ1) is 18.0. The van der Waals surface area contributed by atoms with E-state index in [-0.39, 0.29) is 25.2 Å². The van der Waals surface area contributed by atoms with Crippen LogP contribution in [0.4, 0.5) is 0 Å². The van der Waals surface area contributed by atoms with Crippen molar-refractivity contribution in [2.45, 2.75) is 62.9 Å². The summed E-state index contributed by atoms with van der Waals surface area (Å²) in [6.45, 7) is 1.54. The number of thioether (sulfide) groups is 1. The molecule has 3 amide bonds. The van der Waals surface area contributed by atoms with E-state index in [1.54, 1.807) is 30.3 Å². The van der Waals surface area contributed by atoms with E-state index in [0.29, 0.717) is 24.3 Å². The Morgan fingerprint density at radius 2 is 1.58 bits per heavy atom. The van der Waals surface area contributed by atoms with Gasteiger partial charge < -0.3 is 43.4 Å². The number of hydrogen-bond donors (Lipinski definition) is 8. The summed E-state index contributed by atoms with van der Waals surface area (Å²) in [5.74, 6) is -2.90. The van der Waals surface area contributed by atoms with Crippen molar-refractivity contribution in [2.75, 3.05) is 18.6 Å². The van der Waals surface area contributed by atoms with Crippen LogP contribution in [0.15, 0.2) is 35.3 Å². The van der Waals surface area contributed by atoms with Crippen LogP contribution in [-0.4, -0.2) is 88.7 Å². The molecule has 0 saturated carbocycles. The molecule has 0 fully saturated rings. The van der Waals surface area contributed by atoms with Crippen molar-refractivity contribution in [2.24, 2.45) is 22.2 Å². The molecule has 13 nitrogen and oxygen atoms in total. The summed E-state index contributed by atoms with van der Waals surface area (Å²) < 4.78 is 0. The molecule has 1 aromatic rings. The Hall–Kier alpha value is -3.36. The van der Waals surface area contributed by atoms with Crippen LogP contribution in [-0.2, 0) is 25.6 Å². The molecule has 5 unspecified atom stereocenters. The lowest BCUT2D eigenvalue weighted by molar-refractivity contribution is -0.145. The summed E-state index contributed by atoms with van der Waals surface area (Å²) in [4.78, 5) is 54.2. The summed E-state index contributed by atoms with van der Waals surface area (Å²) in [6.07, 6.45) is 1.55. The molecule has 0 heterocycles. The molecule has 0 radical (unpaired) electrons. The van der Waals surface area contributed by atoms with Gasteiger partial charge in [-0.2, -0.15) is 11.8 Å². The lowest BCUT2D eigenvalue weighted by atomic mass is 10.0. The number of nitrogens with zero attached hydrogens (tertiary/aromatic N) is 1. The van der Waals surface area contributed by atoms with Crippen LogP contribution < -0.4 is 33.2 Å². The van der Waals surface area contributed by atoms with Gasteiger partial charge in [-0.25, -0.2) is 4.79 Å². The van der Waals surface area contributed by atoms with Crippen molar-refractivity contribution in [3.05, 3.63) is 35.9 Å². The van der Waals surface area contributed by atoms with E-state index < -0.39 is 54.0 Å². The zero-order valence-electron chi connectivity index (χ0n) is 21.6. The minimum Gasteiger partial charge on any atom is -0.480 e. The van der Waals surface area contributed by atoms with Gasteiger partial charge >= 0.3 is 5.97 Å². The minimum absolute atomic E-state index is 0.0536. The molecule has 212 valence electrons. The number of benzene rings is 1. The van der Waals surface area contributed by atoms with Gasteiger partial charge in [-0.05, 0) is 43.8 Å². The second-order valence-corrected chi connectivity index (χ2v) is 9.70. The Kier molecular flexibility index (Phi) is 14.8. The Morgan fingerprint density at radius 3 is 2.13 bits per heavy atom. The minimum atomic E-state index is -1.57. The van der Waals surface area contributed by atoms with Crippen LogP contribution in [0.25, 0.3) is 0 Å². The third-order valence-electron chi connectivity index (χ3n) is 5.51. The topological polar surface area (TPSA) is 235 Å². The number of aliphatic imine (C=N–C) groups is 1. The number of amides is 3. The fourth-order valence-electron chi connectivity index (χ4n) is 3.41. The van der Waals surface area contributed by atoms with Crippen molar-refractivity contribution < 1.29 is 29.4 Å². The largest absolute Gasteiger partial charge is 0.480 e. The summed E-state index contributed by atoms with van der Waals surface area (Å²) in [5.41, 5.74) is 17.2. The van der Waals surface area contributed by atoms with Gasteiger partial charge in [0.1, 0.15) is 12.1 Å². The van der Waals surface area contributed by atoms with E-state index in [1.165, 1.54) is 18.7 Å². The van der Waals surface area contributed by atoms with Crippen LogP contribution in [0.3, 0.4) is 0 Å². The summed E-state index contributed by atoms with van der Waals surface area (Å²) in [5, 5.41) is 26.7. The number of carbonyl (C=O) groups is 4. The number of carboxylic acids is 1. The number of guanidine groups is 1. The van der Waals surface area contributed by atoms with Gasteiger partial charge in [0.15, 0.2) is 12.0 Å². The Bertz CT molecular complexity index is 943.